The van der Waals surface area contributed by atoms with Gasteiger partial charge in [-0.2, -0.15) is 14.5 Å². The SMILES string of the molecule is CC(=O)N1CCCC(Oc2nc(Cc3cc(C)ns3)nc3ccn(-c4cnn(C)c4)c23)C1. The van der Waals surface area contributed by atoms with E-state index in [4.69, 9.17) is 14.7 Å². The highest BCUT2D eigenvalue weighted by Gasteiger charge is 2.25. The van der Waals surface area contributed by atoms with Crippen molar-refractivity contribution in [3.8, 4) is 11.6 Å². The van der Waals surface area contributed by atoms with Crippen molar-refractivity contribution < 1.29 is 9.53 Å². The minimum Gasteiger partial charge on any atom is -0.471 e. The van der Waals surface area contributed by atoms with Crippen molar-refractivity contribution in [3.05, 3.63) is 47.1 Å². The second kappa shape index (κ2) is 8.34. The molecule has 0 aromatic carbocycles. The zero-order valence-corrected chi connectivity index (χ0v) is 19.2. The van der Waals surface area contributed by atoms with Crippen molar-refractivity contribution in [2.45, 2.75) is 39.2 Å². The zero-order chi connectivity index (χ0) is 22.2. The van der Waals surface area contributed by atoms with E-state index in [0.717, 1.165) is 46.7 Å². The van der Waals surface area contributed by atoms with Gasteiger partial charge in [-0.05, 0) is 43.4 Å². The van der Waals surface area contributed by atoms with Gasteiger partial charge in [0.1, 0.15) is 17.4 Å². The van der Waals surface area contributed by atoms with Crippen LogP contribution < -0.4 is 4.74 Å². The maximum atomic E-state index is 11.9. The number of amides is 1. The molecule has 0 N–H and O–H groups in total. The van der Waals surface area contributed by atoms with Crippen LogP contribution in [-0.2, 0) is 18.3 Å². The van der Waals surface area contributed by atoms with E-state index in [1.807, 2.05) is 41.9 Å². The van der Waals surface area contributed by atoms with E-state index in [0.29, 0.717) is 24.7 Å². The number of fused-ring (bicyclic) bond motifs is 1. The van der Waals surface area contributed by atoms with E-state index in [1.165, 1.54) is 11.5 Å². The van der Waals surface area contributed by atoms with E-state index in [2.05, 4.69) is 15.5 Å². The van der Waals surface area contributed by atoms with Gasteiger partial charge in [0.2, 0.25) is 11.8 Å². The Morgan fingerprint density at radius 3 is 2.94 bits per heavy atom. The fourth-order valence-corrected chi connectivity index (χ4v) is 4.83. The highest BCUT2D eigenvalue weighted by molar-refractivity contribution is 7.05. The van der Waals surface area contributed by atoms with Crippen molar-refractivity contribution in [2.24, 2.45) is 7.05 Å². The van der Waals surface area contributed by atoms with E-state index in [-0.39, 0.29) is 12.0 Å². The fraction of sp³-hybridized carbons (Fsp3) is 0.409. The van der Waals surface area contributed by atoms with Gasteiger partial charge in [-0.25, -0.2) is 4.98 Å². The molecule has 1 unspecified atom stereocenters. The molecule has 5 heterocycles. The Morgan fingerprint density at radius 1 is 1.34 bits per heavy atom. The number of carbonyl (C=O) groups excluding carboxylic acids is 1. The van der Waals surface area contributed by atoms with Crippen LogP contribution in [-0.4, -0.2) is 58.7 Å². The van der Waals surface area contributed by atoms with Crippen LogP contribution in [0.3, 0.4) is 0 Å². The Morgan fingerprint density at radius 2 is 2.22 bits per heavy atom. The van der Waals surface area contributed by atoms with Gasteiger partial charge in [0.25, 0.3) is 0 Å². The highest BCUT2D eigenvalue weighted by Crippen LogP contribution is 2.29. The predicted octanol–water partition coefficient (Wildman–Crippen LogP) is 2.90. The molecule has 0 saturated carbocycles. The molecule has 32 heavy (non-hydrogen) atoms. The van der Waals surface area contributed by atoms with Crippen LogP contribution >= 0.6 is 11.5 Å². The van der Waals surface area contributed by atoms with Crippen molar-refractivity contribution in [1.29, 1.82) is 0 Å². The number of piperidine rings is 1. The lowest BCUT2D eigenvalue weighted by Gasteiger charge is -2.32. The van der Waals surface area contributed by atoms with Gasteiger partial charge in [-0.3, -0.25) is 9.48 Å². The third-order valence-electron chi connectivity index (χ3n) is 5.63. The minimum absolute atomic E-state index is 0.0751. The Kier molecular flexibility index (Phi) is 5.38. The number of aryl methyl sites for hydroxylation is 2. The van der Waals surface area contributed by atoms with Crippen molar-refractivity contribution in [2.75, 3.05) is 13.1 Å². The average molecular weight is 452 g/mol. The molecule has 1 saturated heterocycles. The normalized spacial score (nSPS) is 16.6. The molecule has 10 heteroatoms. The summed E-state index contributed by atoms with van der Waals surface area (Å²) in [5.74, 6) is 1.31. The molecule has 4 aromatic heterocycles. The minimum atomic E-state index is -0.110. The first-order valence-electron chi connectivity index (χ1n) is 10.7. The molecule has 0 radical (unpaired) electrons. The molecule has 1 aliphatic heterocycles. The molecule has 0 aliphatic carbocycles. The molecule has 166 valence electrons. The third-order valence-corrected chi connectivity index (χ3v) is 6.50. The first-order valence-corrected chi connectivity index (χ1v) is 11.4. The largest absolute Gasteiger partial charge is 0.471 e. The summed E-state index contributed by atoms with van der Waals surface area (Å²) in [4.78, 5) is 24.5. The van der Waals surface area contributed by atoms with Gasteiger partial charge >= 0.3 is 0 Å². The molecule has 9 nitrogen and oxygen atoms in total. The second-order valence-corrected chi connectivity index (χ2v) is 9.08. The molecule has 1 amide bonds. The van der Waals surface area contributed by atoms with Gasteiger partial charge in [-0.1, -0.05) is 0 Å². The van der Waals surface area contributed by atoms with Crippen molar-refractivity contribution in [3.63, 3.8) is 0 Å². The van der Waals surface area contributed by atoms with Gasteiger partial charge in [0.05, 0.1) is 29.6 Å². The summed E-state index contributed by atoms with van der Waals surface area (Å²) in [5, 5.41) is 4.29. The predicted molar refractivity (Wildman–Crippen MR) is 121 cm³/mol. The van der Waals surface area contributed by atoms with Crippen molar-refractivity contribution >= 4 is 28.5 Å². The molecule has 1 fully saturated rings. The molecule has 4 aromatic rings. The Balaban J connectivity index is 1.55. The summed E-state index contributed by atoms with van der Waals surface area (Å²) >= 11 is 1.47. The smallest absolute Gasteiger partial charge is 0.242 e. The number of hydrogen-bond donors (Lipinski definition) is 0. The standard InChI is InChI=1S/C22H25N7O2S/c1-14-9-18(32-26-14)10-20-24-19-6-8-29(16-11-23-27(3)12-16)21(19)22(25-20)31-17-5-4-7-28(13-17)15(2)30/h6,8-9,11-12,17H,4-5,7,10,13H2,1-3H3. The molecule has 0 spiro atoms. The second-order valence-electron chi connectivity index (χ2n) is 8.20. The molecule has 1 aliphatic rings. The number of ether oxygens (including phenoxy) is 1. The van der Waals surface area contributed by atoms with Crippen LogP contribution in [0.2, 0.25) is 0 Å². The van der Waals surface area contributed by atoms with Crippen LogP contribution in [0.15, 0.2) is 30.7 Å². The summed E-state index contributed by atoms with van der Waals surface area (Å²) < 4.78 is 14.6. The average Bonchev–Trinajstić information content (AvgIpc) is 3.48. The van der Waals surface area contributed by atoms with E-state index in [1.54, 1.807) is 17.8 Å². The van der Waals surface area contributed by atoms with Crippen LogP contribution in [0.25, 0.3) is 16.7 Å². The van der Waals surface area contributed by atoms with E-state index in [9.17, 15) is 4.79 Å². The first-order chi connectivity index (χ1) is 15.5. The lowest BCUT2D eigenvalue weighted by molar-refractivity contribution is -0.131. The van der Waals surface area contributed by atoms with Crippen LogP contribution in [0.5, 0.6) is 5.88 Å². The summed E-state index contributed by atoms with van der Waals surface area (Å²) in [6.45, 7) is 4.93. The molecule has 0 bridgehead atoms. The maximum absolute atomic E-state index is 11.9. The number of nitrogens with zero attached hydrogens (tertiary/aromatic N) is 7. The summed E-state index contributed by atoms with van der Waals surface area (Å²) in [5.41, 5.74) is 3.53. The lowest BCUT2D eigenvalue weighted by atomic mass is 10.1. The lowest BCUT2D eigenvalue weighted by Crippen LogP contribution is -2.43. The first kappa shape index (κ1) is 20.6. The topological polar surface area (TPSA) is 91.0 Å². The quantitative estimate of drug-likeness (QED) is 0.463. The third kappa shape index (κ3) is 4.10. The molecular formula is C22H25N7O2S. The monoisotopic (exact) mass is 451 g/mol. The number of hydrogen-bond acceptors (Lipinski definition) is 7. The van der Waals surface area contributed by atoms with E-state index < -0.39 is 0 Å². The highest BCUT2D eigenvalue weighted by atomic mass is 32.1. The van der Waals surface area contributed by atoms with Crippen LogP contribution in [0.1, 0.15) is 36.2 Å². The van der Waals surface area contributed by atoms with Crippen LogP contribution in [0.4, 0.5) is 0 Å². The van der Waals surface area contributed by atoms with Gasteiger partial charge in [0, 0.05) is 44.2 Å². The molecular weight excluding hydrogens is 426 g/mol. The Hall–Kier alpha value is -3.27. The fourth-order valence-electron chi connectivity index (χ4n) is 4.10. The number of likely N-dealkylation sites (tertiary alicyclic amines) is 1. The van der Waals surface area contributed by atoms with Crippen LogP contribution in [0, 0.1) is 6.92 Å². The van der Waals surface area contributed by atoms with E-state index >= 15 is 0 Å². The number of rotatable bonds is 5. The van der Waals surface area contributed by atoms with Gasteiger partial charge in [-0.15, -0.1) is 0 Å². The summed E-state index contributed by atoms with van der Waals surface area (Å²) in [6.07, 6.45) is 7.99. The Labute approximate surface area is 189 Å². The number of carbonyl (C=O) groups is 1. The number of aromatic nitrogens is 6. The van der Waals surface area contributed by atoms with Crippen molar-refractivity contribution in [1.82, 2.24) is 33.6 Å². The molecule has 1 atom stereocenters. The van der Waals surface area contributed by atoms with Gasteiger partial charge < -0.3 is 14.2 Å². The summed E-state index contributed by atoms with van der Waals surface area (Å²) in [7, 11) is 1.89. The maximum Gasteiger partial charge on any atom is 0.242 e. The van der Waals surface area contributed by atoms with Gasteiger partial charge in [0.15, 0.2) is 0 Å². The summed E-state index contributed by atoms with van der Waals surface area (Å²) in [6, 6.07) is 4.03. The molecule has 5 rings (SSSR count). The zero-order valence-electron chi connectivity index (χ0n) is 18.4. The Bertz CT molecular complexity index is 1270.